The van der Waals surface area contributed by atoms with Crippen molar-refractivity contribution in [3.63, 3.8) is 0 Å². The molecule has 0 unspecified atom stereocenters. The van der Waals surface area contributed by atoms with Gasteiger partial charge in [0.2, 0.25) is 10.0 Å². The number of pyridine rings is 1. The van der Waals surface area contributed by atoms with Gasteiger partial charge in [-0.2, -0.15) is 0 Å². The van der Waals surface area contributed by atoms with E-state index in [1.54, 1.807) is 29.0 Å². The van der Waals surface area contributed by atoms with Crippen LogP contribution in [-0.4, -0.2) is 57.3 Å². The summed E-state index contributed by atoms with van der Waals surface area (Å²) in [5.74, 6) is 0.782. The minimum atomic E-state index is -3.43. The Balaban J connectivity index is 1.38. The molecule has 2 aliphatic rings. The zero-order valence-corrected chi connectivity index (χ0v) is 21.2. The molecule has 0 bridgehead atoms. The summed E-state index contributed by atoms with van der Waals surface area (Å²) < 4.78 is 27.7. The Kier molecular flexibility index (Phi) is 6.01. The Labute approximate surface area is 206 Å². The van der Waals surface area contributed by atoms with Crippen LogP contribution in [0.25, 0.3) is 11.3 Å². The van der Waals surface area contributed by atoms with E-state index in [1.165, 1.54) is 0 Å². The number of aryl methyl sites for hydroxylation is 2. The first-order valence-electron chi connectivity index (χ1n) is 12.0. The van der Waals surface area contributed by atoms with E-state index in [0.29, 0.717) is 24.5 Å². The van der Waals surface area contributed by atoms with Crippen LogP contribution in [0.1, 0.15) is 43.0 Å². The van der Waals surface area contributed by atoms with E-state index >= 15 is 0 Å². The summed E-state index contributed by atoms with van der Waals surface area (Å²) in [6.45, 7) is 7.46. The predicted octanol–water partition coefficient (Wildman–Crippen LogP) is 3.82. The fourth-order valence-corrected chi connectivity index (χ4v) is 7.65. The standard InChI is InChI=1S/C26H31N5O3S/c1-18-5-4-10-28-25(18)22-13-21(6-7-23(22)32)17-30-11-8-26(14-20(30)3)9-12-35(33,34)31(26)24-16-27-15-19(2)29-24/h4-7,10,13,15-16,20,32H,8-9,11-12,14,17H2,1-3H3/t20-,26-/m0/s1. The van der Waals surface area contributed by atoms with Crippen molar-refractivity contribution in [3.05, 3.63) is 65.7 Å². The number of phenols is 1. The second-order valence-corrected chi connectivity index (χ2v) is 11.8. The minimum Gasteiger partial charge on any atom is -0.507 e. The molecule has 8 nitrogen and oxygen atoms in total. The van der Waals surface area contributed by atoms with Crippen LogP contribution >= 0.6 is 0 Å². The van der Waals surface area contributed by atoms with Crippen molar-refractivity contribution in [2.24, 2.45) is 0 Å². The lowest BCUT2D eigenvalue weighted by molar-refractivity contribution is 0.102. The fraction of sp³-hybridized carbons (Fsp3) is 0.423. The third kappa shape index (κ3) is 4.38. The molecular weight excluding hydrogens is 462 g/mol. The molecule has 184 valence electrons. The summed E-state index contributed by atoms with van der Waals surface area (Å²) in [5.41, 5.74) is 3.84. The van der Waals surface area contributed by atoms with Gasteiger partial charge in [0.05, 0.1) is 28.9 Å². The van der Waals surface area contributed by atoms with Crippen molar-refractivity contribution in [1.82, 2.24) is 19.9 Å². The van der Waals surface area contributed by atoms with Gasteiger partial charge in [-0.3, -0.25) is 14.9 Å². The van der Waals surface area contributed by atoms with Gasteiger partial charge in [-0.25, -0.2) is 17.7 Å². The highest BCUT2D eigenvalue weighted by atomic mass is 32.2. The van der Waals surface area contributed by atoms with Gasteiger partial charge in [0, 0.05) is 37.1 Å². The number of hydrogen-bond acceptors (Lipinski definition) is 7. The van der Waals surface area contributed by atoms with Crippen molar-refractivity contribution in [2.75, 3.05) is 16.6 Å². The monoisotopic (exact) mass is 493 g/mol. The van der Waals surface area contributed by atoms with Crippen molar-refractivity contribution in [1.29, 1.82) is 0 Å². The summed E-state index contributed by atoms with van der Waals surface area (Å²) in [6, 6.07) is 9.74. The average molecular weight is 494 g/mol. The normalized spacial score (nSPS) is 24.2. The Morgan fingerprint density at radius 2 is 2.00 bits per heavy atom. The number of piperidine rings is 1. The molecule has 2 aliphatic heterocycles. The molecule has 1 spiro atoms. The number of aromatic hydroxyl groups is 1. The third-order valence-corrected chi connectivity index (χ3v) is 9.21. The molecule has 35 heavy (non-hydrogen) atoms. The summed E-state index contributed by atoms with van der Waals surface area (Å²) in [7, 11) is -3.43. The number of sulfonamides is 1. The van der Waals surface area contributed by atoms with Crippen LogP contribution in [0.15, 0.2) is 48.9 Å². The molecule has 0 saturated carbocycles. The van der Waals surface area contributed by atoms with E-state index < -0.39 is 15.6 Å². The van der Waals surface area contributed by atoms with Crippen LogP contribution < -0.4 is 4.31 Å². The maximum atomic E-state index is 13.1. The Hall–Kier alpha value is -3.04. The van der Waals surface area contributed by atoms with E-state index in [9.17, 15) is 13.5 Å². The van der Waals surface area contributed by atoms with E-state index in [2.05, 4.69) is 26.8 Å². The first kappa shape index (κ1) is 23.7. The van der Waals surface area contributed by atoms with Crippen molar-refractivity contribution in [3.8, 4) is 17.0 Å². The van der Waals surface area contributed by atoms with E-state index in [0.717, 1.165) is 41.8 Å². The van der Waals surface area contributed by atoms with Crippen molar-refractivity contribution in [2.45, 2.75) is 58.2 Å². The molecule has 0 radical (unpaired) electrons. The highest BCUT2D eigenvalue weighted by molar-refractivity contribution is 7.93. The quantitative estimate of drug-likeness (QED) is 0.590. The second-order valence-electron chi connectivity index (χ2n) is 9.87. The van der Waals surface area contributed by atoms with Crippen molar-refractivity contribution < 1.29 is 13.5 Å². The average Bonchev–Trinajstić information content (AvgIpc) is 3.07. The number of likely N-dealkylation sites (tertiary alicyclic amines) is 1. The van der Waals surface area contributed by atoms with Gasteiger partial charge >= 0.3 is 0 Å². The van der Waals surface area contributed by atoms with E-state index in [4.69, 9.17) is 0 Å². The Morgan fingerprint density at radius 3 is 2.74 bits per heavy atom. The van der Waals surface area contributed by atoms with Crippen LogP contribution in [0, 0.1) is 13.8 Å². The highest BCUT2D eigenvalue weighted by Crippen LogP contribution is 2.44. The van der Waals surface area contributed by atoms with E-state index in [1.807, 2.05) is 38.1 Å². The number of aromatic nitrogens is 3. The lowest BCUT2D eigenvalue weighted by atomic mass is 9.81. The molecule has 2 saturated heterocycles. The number of rotatable bonds is 4. The van der Waals surface area contributed by atoms with Crippen LogP contribution in [-0.2, 0) is 16.6 Å². The molecular formula is C26H31N5O3S. The topological polar surface area (TPSA) is 99.5 Å². The Bertz CT molecular complexity index is 1360. The number of hydrogen-bond donors (Lipinski definition) is 1. The molecule has 1 N–H and O–H groups in total. The first-order chi connectivity index (χ1) is 16.7. The Morgan fingerprint density at radius 1 is 1.17 bits per heavy atom. The largest absolute Gasteiger partial charge is 0.507 e. The van der Waals surface area contributed by atoms with Crippen molar-refractivity contribution >= 4 is 15.8 Å². The number of phenolic OH excluding ortho intramolecular Hbond substituents is 1. The number of nitrogens with zero attached hydrogens (tertiary/aromatic N) is 5. The maximum absolute atomic E-state index is 13.1. The highest BCUT2D eigenvalue weighted by Gasteiger charge is 2.53. The predicted molar refractivity (Wildman–Crippen MR) is 136 cm³/mol. The number of anilines is 1. The smallest absolute Gasteiger partial charge is 0.236 e. The van der Waals surface area contributed by atoms with Gasteiger partial charge in [0.25, 0.3) is 0 Å². The van der Waals surface area contributed by atoms with Gasteiger partial charge in [-0.1, -0.05) is 12.1 Å². The summed E-state index contributed by atoms with van der Waals surface area (Å²) in [4.78, 5) is 15.6. The zero-order valence-electron chi connectivity index (χ0n) is 20.3. The molecule has 3 aromatic rings. The molecule has 1 aromatic carbocycles. The fourth-order valence-electron chi connectivity index (χ4n) is 5.61. The van der Waals surface area contributed by atoms with Gasteiger partial charge in [-0.15, -0.1) is 0 Å². The SMILES string of the molecule is Cc1cncc(N2[C@@]3(CCN(Cc4ccc(O)c(-c5ncccc5C)c4)[C@@H](C)C3)CCS2(=O)=O)n1. The second kappa shape index (κ2) is 8.87. The summed E-state index contributed by atoms with van der Waals surface area (Å²) in [6.07, 6.45) is 7.00. The molecule has 5 rings (SSSR count). The van der Waals surface area contributed by atoms with Crippen LogP contribution in [0.2, 0.25) is 0 Å². The molecule has 0 aliphatic carbocycles. The van der Waals surface area contributed by atoms with Gasteiger partial charge in [0.15, 0.2) is 5.82 Å². The molecule has 4 heterocycles. The number of benzene rings is 1. The third-order valence-electron chi connectivity index (χ3n) is 7.36. The zero-order chi connectivity index (χ0) is 24.8. The van der Waals surface area contributed by atoms with Crippen LogP contribution in [0.3, 0.4) is 0 Å². The summed E-state index contributed by atoms with van der Waals surface area (Å²) >= 11 is 0. The maximum Gasteiger partial charge on any atom is 0.236 e. The lowest BCUT2D eigenvalue weighted by Crippen LogP contribution is -2.56. The van der Waals surface area contributed by atoms with Gasteiger partial charge < -0.3 is 5.11 Å². The van der Waals surface area contributed by atoms with Crippen LogP contribution in [0.4, 0.5) is 5.82 Å². The van der Waals surface area contributed by atoms with Crippen LogP contribution in [0.5, 0.6) is 5.75 Å². The molecule has 2 atom stereocenters. The molecule has 0 amide bonds. The van der Waals surface area contributed by atoms with Gasteiger partial charge in [0.1, 0.15) is 5.75 Å². The lowest BCUT2D eigenvalue weighted by Gasteiger charge is -2.47. The van der Waals surface area contributed by atoms with E-state index in [-0.39, 0.29) is 17.5 Å². The molecule has 9 heteroatoms. The van der Waals surface area contributed by atoms with Gasteiger partial charge in [-0.05, 0) is 69.4 Å². The molecule has 2 aromatic heterocycles. The molecule has 2 fully saturated rings. The summed E-state index contributed by atoms with van der Waals surface area (Å²) in [5, 5.41) is 10.5. The first-order valence-corrected chi connectivity index (χ1v) is 13.6. The minimum absolute atomic E-state index is 0.139.